The Morgan fingerprint density at radius 2 is 1.76 bits per heavy atom. The average molecular weight is 439 g/mol. The number of anilines is 1. The monoisotopic (exact) mass is 438 g/mol. The lowest BCUT2D eigenvalue weighted by Gasteiger charge is -2.10. The molecule has 1 amide bonds. The number of benzene rings is 2. The largest absolute Gasteiger partial charge is 0.321 e. The third-order valence-electron chi connectivity index (χ3n) is 6.47. The third-order valence-corrected chi connectivity index (χ3v) is 6.47. The van der Waals surface area contributed by atoms with Gasteiger partial charge in [0.15, 0.2) is 5.82 Å². The second-order valence-electron chi connectivity index (χ2n) is 8.91. The molecular weight excluding hydrogens is 412 g/mol. The molecule has 0 saturated heterocycles. The van der Waals surface area contributed by atoms with Gasteiger partial charge in [0.25, 0.3) is 5.91 Å². The summed E-state index contributed by atoms with van der Waals surface area (Å²) >= 11 is 0. The number of carbonyl (C=O) groups is 1. The van der Waals surface area contributed by atoms with Crippen LogP contribution < -0.4 is 5.32 Å². The van der Waals surface area contributed by atoms with E-state index < -0.39 is 0 Å². The second kappa shape index (κ2) is 8.31. The van der Waals surface area contributed by atoms with Crippen molar-refractivity contribution < 1.29 is 4.79 Å². The van der Waals surface area contributed by atoms with Crippen LogP contribution in [-0.4, -0.2) is 30.5 Å². The first-order chi connectivity index (χ1) is 16.3. The number of carbonyl (C=O) groups excluding carboxylic acids is 1. The van der Waals surface area contributed by atoms with Crippen LogP contribution in [0.25, 0.3) is 17.1 Å². The summed E-state index contributed by atoms with van der Waals surface area (Å²) in [7, 11) is 0. The van der Waals surface area contributed by atoms with Crippen LogP contribution in [-0.2, 0) is 13.0 Å². The molecule has 4 aromatic rings. The zero-order chi connectivity index (χ0) is 22.2. The number of nitrogens with one attached hydrogen (secondary N) is 1. The molecule has 0 unspecified atom stereocenters. The molecule has 166 valence electrons. The van der Waals surface area contributed by atoms with Gasteiger partial charge < -0.3 is 9.88 Å². The molecule has 0 atom stereocenters. The van der Waals surface area contributed by atoms with Crippen molar-refractivity contribution in [3.05, 3.63) is 77.9 Å². The summed E-state index contributed by atoms with van der Waals surface area (Å²) in [6, 6.07) is 19.6. The Hall–Kier alpha value is -3.74. The van der Waals surface area contributed by atoms with Crippen LogP contribution in [0.4, 0.5) is 5.69 Å². The van der Waals surface area contributed by atoms with Crippen LogP contribution in [0.15, 0.2) is 60.7 Å². The third kappa shape index (κ3) is 3.95. The van der Waals surface area contributed by atoms with Crippen molar-refractivity contribution in [1.82, 2.24) is 24.5 Å². The highest BCUT2D eigenvalue weighted by Crippen LogP contribution is 2.39. The first kappa shape index (κ1) is 19.9. The van der Waals surface area contributed by atoms with Gasteiger partial charge in [-0.1, -0.05) is 24.6 Å². The molecule has 0 spiro atoms. The van der Waals surface area contributed by atoms with Crippen LogP contribution in [0.2, 0.25) is 0 Å². The summed E-state index contributed by atoms with van der Waals surface area (Å²) in [5.74, 6) is 2.28. The Balaban J connectivity index is 1.25. The first-order valence-electron chi connectivity index (χ1n) is 11.8. The number of fused-ring (bicyclic) bond motifs is 1. The molecular formula is C26H26N6O. The topological polar surface area (TPSA) is 77.6 Å². The number of aromatic nitrogens is 5. The average Bonchev–Trinajstić information content (AvgIpc) is 3.55. The summed E-state index contributed by atoms with van der Waals surface area (Å²) in [6.45, 7) is 0.961. The fourth-order valence-electron chi connectivity index (χ4n) is 4.50. The zero-order valence-electron chi connectivity index (χ0n) is 18.4. The SMILES string of the molecule is O=C(Nc1ccc(-c2nnc3n2CCCCC3)cc1)c1cc(C2CC2)nn1-c1ccccc1. The van der Waals surface area contributed by atoms with Gasteiger partial charge in [0.05, 0.1) is 11.4 Å². The number of hydrogen-bond acceptors (Lipinski definition) is 4. The summed E-state index contributed by atoms with van der Waals surface area (Å²) in [6.07, 6.45) is 6.82. The lowest BCUT2D eigenvalue weighted by Crippen LogP contribution is -2.16. The van der Waals surface area contributed by atoms with E-state index in [1.54, 1.807) is 4.68 Å². The van der Waals surface area contributed by atoms with Gasteiger partial charge in [0, 0.05) is 30.1 Å². The molecule has 1 N–H and O–H groups in total. The van der Waals surface area contributed by atoms with E-state index in [1.807, 2.05) is 60.7 Å². The van der Waals surface area contributed by atoms with Crippen molar-refractivity contribution in [3.8, 4) is 17.1 Å². The van der Waals surface area contributed by atoms with Gasteiger partial charge in [-0.2, -0.15) is 5.10 Å². The lowest BCUT2D eigenvalue weighted by molar-refractivity contribution is 0.101. The van der Waals surface area contributed by atoms with Gasteiger partial charge in [-0.05, 0) is 68.1 Å². The Bertz CT molecular complexity index is 1280. The van der Waals surface area contributed by atoms with Gasteiger partial charge in [0.1, 0.15) is 11.5 Å². The summed E-state index contributed by atoms with van der Waals surface area (Å²) in [5.41, 5.74) is 4.19. The smallest absolute Gasteiger partial charge is 0.274 e. The van der Waals surface area contributed by atoms with Crippen LogP contribution >= 0.6 is 0 Å². The van der Waals surface area contributed by atoms with E-state index in [4.69, 9.17) is 5.10 Å². The molecule has 0 radical (unpaired) electrons. The Morgan fingerprint density at radius 1 is 0.939 bits per heavy atom. The van der Waals surface area contributed by atoms with Crippen molar-refractivity contribution in [2.75, 3.05) is 5.32 Å². The maximum atomic E-state index is 13.2. The van der Waals surface area contributed by atoms with Crippen molar-refractivity contribution >= 4 is 11.6 Å². The summed E-state index contributed by atoms with van der Waals surface area (Å²) in [4.78, 5) is 13.2. The van der Waals surface area contributed by atoms with Crippen LogP contribution in [0, 0.1) is 0 Å². The normalized spacial score (nSPS) is 15.6. The van der Waals surface area contributed by atoms with E-state index in [2.05, 4.69) is 20.1 Å². The Kier molecular flexibility index (Phi) is 5.02. The maximum Gasteiger partial charge on any atom is 0.274 e. The predicted molar refractivity (Wildman–Crippen MR) is 127 cm³/mol. The number of para-hydroxylation sites is 1. The zero-order valence-corrected chi connectivity index (χ0v) is 18.4. The first-order valence-corrected chi connectivity index (χ1v) is 11.8. The number of aryl methyl sites for hydroxylation is 1. The van der Waals surface area contributed by atoms with Crippen molar-refractivity contribution in [2.45, 2.75) is 51.0 Å². The van der Waals surface area contributed by atoms with E-state index in [0.29, 0.717) is 11.6 Å². The Labute approximate surface area is 192 Å². The summed E-state index contributed by atoms with van der Waals surface area (Å²) in [5, 5.41) is 16.6. The second-order valence-corrected chi connectivity index (χ2v) is 8.91. The molecule has 33 heavy (non-hydrogen) atoms. The molecule has 0 bridgehead atoms. The molecule has 1 saturated carbocycles. The van der Waals surface area contributed by atoms with E-state index in [9.17, 15) is 4.79 Å². The molecule has 7 nitrogen and oxygen atoms in total. The lowest BCUT2D eigenvalue weighted by atomic mass is 10.2. The highest BCUT2D eigenvalue weighted by molar-refractivity contribution is 6.03. The molecule has 1 aliphatic carbocycles. The van der Waals surface area contributed by atoms with Crippen molar-refractivity contribution in [2.24, 2.45) is 0 Å². The van der Waals surface area contributed by atoms with Gasteiger partial charge in [-0.3, -0.25) is 4.79 Å². The molecule has 6 rings (SSSR count). The minimum absolute atomic E-state index is 0.164. The van der Waals surface area contributed by atoms with Gasteiger partial charge >= 0.3 is 0 Å². The maximum absolute atomic E-state index is 13.2. The fourth-order valence-corrected chi connectivity index (χ4v) is 4.50. The van der Waals surface area contributed by atoms with Crippen LogP contribution in [0.3, 0.4) is 0 Å². The molecule has 1 aliphatic heterocycles. The number of amides is 1. The van der Waals surface area contributed by atoms with Gasteiger partial charge in [-0.15, -0.1) is 10.2 Å². The predicted octanol–water partition coefficient (Wildman–Crippen LogP) is 4.99. The van der Waals surface area contributed by atoms with E-state index in [-0.39, 0.29) is 5.91 Å². The van der Waals surface area contributed by atoms with E-state index >= 15 is 0 Å². The highest BCUT2D eigenvalue weighted by Gasteiger charge is 2.29. The minimum Gasteiger partial charge on any atom is -0.321 e. The standard InChI is InChI=1S/C26H26N6O/c33-26(23-17-22(18-10-11-18)30-32(23)21-7-3-1-4-8-21)27-20-14-12-19(13-15-20)25-29-28-24-9-5-2-6-16-31(24)25/h1,3-4,7-8,12-15,17-18H,2,5-6,9-11,16H2,(H,27,33). The molecule has 3 heterocycles. The quantitative estimate of drug-likeness (QED) is 0.476. The van der Waals surface area contributed by atoms with E-state index in [1.165, 1.54) is 12.8 Å². The molecule has 2 aliphatic rings. The molecule has 1 fully saturated rings. The molecule has 7 heteroatoms. The molecule has 2 aromatic carbocycles. The number of rotatable bonds is 5. The van der Waals surface area contributed by atoms with E-state index in [0.717, 1.165) is 66.5 Å². The Morgan fingerprint density at radius 3 is 2.55 bits per heavy atom. The van der Waals surface area contributed by atoms with Gasteiger partial charge in [0.2, 0.25) is 0 Å². The van der Waals surface area contributed by atoms with Crippen molar-refractivity contribution in [3.63, 3.8) is 0 Å². The summed E-state index contributed by atoms with van der Waals surface area (Å²) < 4.78 is 3.99. The number of nitrogens with zero attached hydrogens (tertiary/aromatic N) is 5. The van der Waals surface area contributed by atoms with Crippen molar-refractivity contribution in [1.29, 1.82) is 0 Å². The fraction of sp³-hybridized carbons (Fsp3) is 0.308. The van der Waals surface area contributed by atoms with Crippen LogP contribution in [0.1, 0.15) is 60.0 Å². The number of hydrogen-bond donors (Lipinski definition) is 1. The van der Waals surface area contributed by atoms with Gasteiger partial charge in [-0.25, -0.2) is 4.68 Å². The highest BCUT2D eigenvalue weighted by atomic mass is 16.2. The van der Waals surface area contributed by atoms with Crippen LogP contribution in [0.5, 0.6) is 0 Å². The minimum atomic E-state index is -0.164. The molecule has 2 aromatic heterocycles.